The molecule has 0 aromatic heterocycles. The number of unbranched alkanes of at least 4 members (excludes halogenated alkanes) is 3. The van der Waals surface area contributed by atoms with E-state index in [2.05, 4.69) is 13.0 Å². The zero-order chi connectivity index (χ0) is 27.3. The van der Waals surface area contributed by atoms with E-state index in [9.17, 15) is 9.59 Å². The van der Waals surface area contributed by atoms with Gasteiger partial charge in [0.25, 0.3) is 0 Å². The van der Waals surface area contributed by atoms with Crippen molar-refractivity contribution in [2.75, 3.05) is 6.61 Å². The maximum absolute atomic E-state index is 12.4. The second-order valence-corrected chi connectivity index (χ2v) is 9.81. The maximum Gasteiger partial charge on any atom is 0.516 e. The summed E-state index contributed by atoms with van der Waals surface area (Å²) in [5, 5.41) is 0.395. The molecule has 3 aromatic carbocycles. The summed E-state index contributed by atoms with van der Waals surface area (Å²) < 4.78 is 16.1. The van der Waals surface area contributed by atoms with Crippen LogP contribution < -0.4 is 4.74 Å². The summed E-state index contributed by atoms with van der Waals surface area (Å²) in [7, 11) is 0. The number of rotatable bonds is 12. The Kier molecular flexibility index (Phi) is 11.5. The van der Waals surface area contributed by atoms with E-state index in [-0.39, 0.29) is 18.1 Å². The molecule has 0 heterocycles. The van der Waals surface area contributed by atoms with Crippen LogP contribution in [0.25, 0.3) is 11.1 Å². The average molecular weight is 533 g/mol. The van der Waals surface area contributed by atoms with Crippen LogP contribution >= 0.6 is 12.2 Å². The first kappa shape index (κ1) is 29.1. The van der Waals surface area contributed by atoms with Crippen molar-refractivity contribution in [1.29, 1.82) is 0 Å². The molecule has 0 aliphatic heterocycles. The minimum Gasteiger partial charge on any atom is -0.445 e. The molecule has 0 bridgehead atoms. The number of aryl methyl sites for hydroxylation is 1. The van der Waals surface area contributed by atoms with Crippen molar-refractivity contribution in [3.8, 4) is 16.9 Å². The third-order valence-electron chi connectivity index (χ3n) is 6.37. The van der Waals surface area contributed by atoms with Crippen LogP contribution in [0.15, 0.2) is 72.8 Å². The molecule has 0 aliphatic carbocycles. The zero-order valence-corrected chi connectivity index (χ0v) is 23.2. The van der Waals surface area contributed by atoms with Crippen molar-refractivity contribution in [3.63, 3.8) is 0 Å². The minimum atomic E-state index is -0.987. The maximum atomic E-state index is 12.4. The molecule has 0 saturated carbocycles. The SMILES string of the molecule is CCCCCCc1ccc(-c2ccc(C(=O)OC(=O)OC[C@@H](C)CC)cc2)c(OC(=S)c2ccccc2)c1. The molecule has 1 atom stereocenters. The van der Waals surface area contributed by atoms with Crippen LogP contribution in [-0.2, 0) is 15.9 Å². The highest BCUT2D eigenvalue weighted by Gasteiger charge is 2.17. The number of esters is 1. The van der Waals surface area contributed by atoms with E-state index in [4.69, 9.17) is 26.4 Å². The Balaban J connectivity index is 1.77. The van der Waals surface area contributed by atoms with Gasteiger partial charge in [0.2, 0.25) is 0 Å². The van der Waals surface area contributed by atoms with Crippen LogP contribution in [0.4, 0.5) is 4.79 Å². The van der Waals surface area contributed by atoms with Crippen molar-refractivity contribution in [2.24, 2.45) is 5.92 Å². The van der Waals surface area contributed by atoms with Gasteiger partial charge >= 0.3 is 12.1 Å². The molecule has 0 amide bonds. The number of hydrogen-bond donors (Lipinski definition) is 0. The molecule has 3 rings (SSSR count). The smallest absolute Gasteiger partial charge is 0.445 e. The van der Waals surface area contributed by atoms with E-state index >= 15 is 0 Å². The second-order valence-electron chi connectivity index (χ2n) is 9.44. The normalized spacial score (nSPS) is 11.4. The number of carbonyl (C=O) groups excluding carboxylic acids is 2. The summed E-state index contributed by atoms with van der Waals surface area (Å²) in [6, 6.07) is 22.7. The van der Waals surface area contributed by atoms with Crippen LogP contribution in [0.3, 0.4) is 0 Å². The Morgan fingerprint density at radius 2 is 1.61 bits per heavy atom. The van der Waals surface area contributed by atoms with Gasteiger partial charge in [-0.1, -0.05) is 101 Å². The van der Waals surface area contributed by atoms with Gasteiger partial charge in [0, 0.05) is 11.1 Å². The standard InChI is InChI=1S/C32H36O5S/c1-4-6-7-9-12-24-15-20-28(29(21-24)36-31(38)27-13-10-8-11-14-27)25-16-18-26(19-17-25)30(33)37-32(34)35-22-23(3)5-2/h8,10-11,13-21,23H,4-7,9,12,22H2,1-3H3/t23-/m0/s1. The molecule has 5 nitrogen and oxygen atoms in total. The average Bonchev–Trinajstić information content (AvgIpc) is 2.94. The highest BCUT2D eigenvalue weighted by atomic mass is 32.1. The van der Waals surface area contributed by atoms with E-state index in [0.717, 1.165) is 36.0 Å². The molecule has 0 aliphatic rings. The summed E-state index contributed by atoms with van der Waals surface area (Å²) in [5.74, 6) is 0.108. The lowest BCUT2D eigenvalue weighted by Crippen LogP contribution is -2.17. The first-order chi connectivity index (χ1) is 18.4. The van der Waals surface area contributed by atoms with Crippen molar-refractivity contribution < 1.29 is 23.8 Å². The van der Waals surface area contributed by atoms with Crippen molar-refractivity contribution >= 4 is 29.4 Å². The third-order valence-corrected chi connectivity index (χ3v) is 6.69. The molecule has 38 heavy (non-hydrogen) atoms. The molecule has 0 spiro atoms. The predicted octanol–water partition coefficient (Wildman–Crippen LogP) is 8.57. The van der Waals surface area contributed by atoms with Gasteiger partial charge in [-0.2, -0.15) is 0 Å². The highest BCUT2D eigenvalue weighted by molar-refractivity contribution is 7.80. The van der Waals surface area contributed by atoms with Gasteiger partial charge in [0.1, 0.15) is 5.75 Å². The number of ether oxygens (including phenoxy) is 3. The zero-order valence-electron chi connectivity index (χ0n) is 22.4. The van der Waals surface area contributed by atoms with E-state index < -0.39 is 12.1 Å². The molecular weight excluding hydrogens is 496 g/mol. The van der Waals surface area contributed by atoms with Gasteiger partial charge in [-0.15, -0.1) is 0 Å². The van der Waals surface area contributed by atoms with E-state index in [1.165, 1.54) is 24.8 Å². The lowest BCUT2D eigenvalue weighted by Gasteiger charge is -2.15. The first-order valence-corrected chi connectivity index (χ1v) is 13.7. The molecule has 0 unspecified atom stereocenters. The molecule has 200 valence electrons. The molecule has 3 aromatic rings. The Bertz CT molecular complexity index is 1200. The number of hydrogen-bond acceptors (Lipinski definition) is 6. The highest BCUT2D eigenvalue weighted by Crippen LogP contribution is 2.33. The summed E-state index contributed by atoms with van der Waals surface area (Å²) in [6.07, 6.45) is 5.58. The summed E-state index contributed by atoms with van der Waals surface area (Å²) in [6.45, 7) is 6.37. The van der Waals surface area contributed by atoms with Gasteiger partial charge in [0.15, 0.2) is 5.05 Å². The number of benzene rings is 3. The van der Waals surface area contributed by atoms with Crippen LogP contribution in [-0.4, -0.2) is 23.8 Å². The largest absolute Gasteiger partial charge is 0.516 e. The Morgan fingerprint density at radius 1 is 0.868 bits per heavy atom. The Morgan fingerprint density at radius 3 is 2.29 bits per heavy atom. The molecule has 6 heteroatoms. The summed E-state index contributed by atoms with van der Waals surface area (Å²) in [4.78, 5) is 24.3. The first-order valence-electron chi connectivity index (χ1n) is 13.3. The van der Waals surface area contributed by atoms with Crippen molar-refractivity contribution in [1.82, 2.24) is 0 Å². The molecule has 0 fully saturated rings. The van der Waals surface area contributed by atoms with Crippen LogP contribution in [0.2, 0.25) is 0 Å². The summed E-state index contributed by atoms with van der Waals surface area (Å²) in [5.41, 5.74) is 3.98. The topological polar surface area (TPSA) is 61.8 Å². The van der Waals surface area contributed by atoms with Crippen LogP contribution in [0.1, 0.15) is 74.4 Å². The molecular formula is C32H36O5S. The van der Waals surface area contributed by atoms with Crippen LogP contribution in [0.5, 0.6) is 5.75 Å². The van der Waals surface area contributed by atoms with Gasteiger partial charge in [-0.05, 0) is 60.3 Å². The number of thiocarbonyl (C=S) groups is 1. The summed E-state index contributed by atoms with van der Waals surface area (Å²) >= 11 is 5.59. The van der Waals surface area contributed by atoms with E-state index in [1.807, 2.05) is 56.3 Å². The molecule has 0 radical (unpaired) electrons. The van der Waals surface area contributed by atoms with E-state index in [1.54, 1.807) is 24.3 Å². The van der Waals surface area contributed by atoms with Gasteiger partial charge < -0.3 is 14.2 Å². The fourth-order valence-corrected chi connectivity index (χ4v) is 4.04. The predicted molar refractivity (Wildman–Crippen MR) is 155 cm³/mol. The molecule has 0 N–H and O–H groups in total. The Hall–Kier alpha value is -3.51. The van der Waals surface area contributed by atoms with Crippen molar-refractivity contribution in [3.05, 3.63) is 89.5 Å². The quantitative estimate of drug-likeness (QED) is 0.101. The molecule has 0 saturated heterocycles. The Labute approximate surface area is 231 Å². The lowest BCUT2D eigenvalue weighted by atomic mass is 9.99. The van der Waals surface area contributed by atoms with Gasteiger partial charge in [-0.25, -0.2) is 9.59 Å². The lowest BCUT2D eigenvalue weighted by molar-refractivity contribution is 0.0342. The fraction of sp³-hybridized carbons (Fsp3) is 0.344. The minimum absolute atomic E-state index is 0.200. The second kappa shape index (κ2) is 15.0. The van der Waals surface area contributed by atoms with Crippen molar-refractivity contribution in [2.45, 2.75) is 59.3 Å². The van der Waals surface area contributed by atoms with Gasteiger partial charge in [-0.3, -0.25) is 0 Å². The third kappa shape index (κ3) is 8.80. The fourth-order valence-electron chi connectivity index (χ4n) is 3.81. The van der Waals surface area contributed by atoms with Crippen LogP contribution in [0, 0.1) is 5.92 Å². The monoisotopic (exact) mass is 532 g/mol. The van der Waals surface area contributed by atoms with Gasteiger partial charge in [0.05, 0.1) is 12.2 Å². The number of carbonyl (C=O) groups is 2. The van der Waals surface area contributed by atoms with E-state index in [0.29, 0.717) is 10.8 Å².